The van der Waals surface area contributed by atoms with Crippen molar-refractivity contribution >= 4 is 15.9 Å². The fraction of sp³-hybridized carbons (Fsp3) is 0.111. The van der Waals surface area contributed by atoms with Gasteiger partial charge in [0.05, 0.1) is 0 Å². The van der Waals surface area contributed by atoms with Gasteiger partial charge in [-0.15, -0.1) is 0 Å². The van der Waals surface area contributed by atoms with Gasteiger partial charge in [0.15, 0.2) is 0 Å². The zero-order valence-electron chi connectivity index (χ0n) is 5.63. The smallest absolute Gasteiger partial charge is 0.0172 e. The van der Waals surface area contributed by atoms with Gasteiger partial charge in [-0.05, 0) is 12.5 Å². The molecule has 1 rings (SSSR count). The molecule has 1 aliphatic rings. The van der Waals surface area contributed by atoms with Gasteiger partial charge in [0.25, 0.3) is 0 Å². The van der Waals surface area contributed by atoms with Crippen molar-refractivity contribution in [3.63, 3.8) is 0 Å². The van der Waals surface area contributed by atoms with Crippen molar-refractivity contribution in [2.75, 3.05) is 0 Å². The summed E-state index contributed by atoms with van der Waals surface area (Å²) < 4.78 is 1.12. The minimum Gasteiger partial charge on any atom is -0.0807 e. The monoisotopic (exact) mass is 196 g/mol. The Morgan fingerprint density at radius 1 is 1.10 bits per heavy atom. The maximum Gasteiger partial charge on any atom is 0.0172 e. The van der Waals surface area contributed by atoms with E-state index in [1.54, 1.807) is 0 Å². The lowest BCUT2D eigenvalue weighted by Crippen LogP contribution is -1.59. The molecule has 0 saturated carbocycles. The molecular weight excluding hydrogens is 188 g/mol. The molecular formula is C9H9Br. The van der Waals surface area contributed by atoms with Crippen LogP contribution in [0.1, 0.15) is 6.42 Å². The highest BCUT2D eigenvalue weighted by Gasteiger charge is 1.80. The molecule has 1 aliphatic carbocycles. The van der Waals surface area contributed by atoms with Crippen LogP contribution in [0.4, 0.5) is 0 Å². The molecule has 0 nitrogen and oxygen atoms in total. The maximum atomic E-state index is 3.40. The third-order valence-electron chi connectivity index (χ3n) is 1.16. The van der Waals surface area contributed by atoms with E-state index >= 15 is 0 Å². The van der Waals surface area contributed by atoms with Crippen LogP contribution in [0.25, 0.3) is 0 Å². The van der Waals surface area contributed by atoms with Crippen molar-refractivity contribution in [2.24, 2.45) is 0 Å². The topological polar surface area (TPSA) is 0 Å². The Labute approximate surface area is 69.8 Å². The molecule has 0 unspecified atom stereocenters. The van der Waals surface area contributed by atoms with E-state index in [2.05, 4.69) is 34.2 Å². The fourth-order valence-electron chi connectivity index (χ4n) is 0.684. The van der Waals surface area contributed by atoms with Crippen molar-refractivity contribution in [1.82, 2.24) is 0 Å². The van der Waals surface area contributed by atoms with E-state index in [9.17, 15) is 0 Å². The van der Waals surface area contributed by atoms with Gasteiger partial charge in [0, 0.05) is 4.48 Å². The van der Waals surface area contributed by atoms with Crippen LogP contribution in [-0.4, -0.2) is 0 Å². The van der Waals surface area contributed by atoms with Crippen molar-refractivity contribution < 1.29 is 0 Å². The maximum absolute atomic E-state index is 3.40. The first-order valence-electron chi connectivity index (χ1n) is 3.25. The van der Waals surface area contributed by atoms with Gasteiger partial charge in [0.2, 0.25) is 0 Å². The lowest BCUT2D eigenvalue weighted by Gasteiger charge is -1.82. The van der Waals surface area contributed by atoms with E-state index in [4.69, 9.17) is 0 Å². The molecule has 0 heterocycles. The second-order valence-corrected chi connectivity index (χ2v) is 2.92. The first-order valence-corrected chi connectivity index (χ1v) is 4.04. The highest BCUT2D eigenvalue weighted by atomic mass is 79.9. The molecule has 10 heavy (non-hydrogen) atoms. The van der Waals surface area contributed by atoms with Crippen molar-refractivity contribution in [2.45, 2.75) is 6.42 Å². The molecule has 0 bridgehead atoms. The molecule has 0 aromatic heterocycles. The molecule has 1 heteroatoms. The fourth-order valence-corrected chi connectivity index (χ4v) is 1.02. The molecule has 52 valence electrons. The molecule has 0 N–H and O–H groups in total. The summed E-state index contributed by atoms with van der Waals surface area (Å²) in [5.74, 6) is 0. The molecule has 0 aliphatic heterocycles. The summed E-state index contributed by atoms with van der Waals surface area (Å²) in [7, 11) is 0. The van der Waals surface area contributed by atoms with Crippen LogP contribution < -0.4 is 0 Å². The van der Waals surface area contributed by atoms with Crippen LogP contribution in [0.3, 0.4) is 0 Å². The predicted molar refractivity (Wildman–Crippen MR) is 49.0 cm³/mol. The molecule has 0 fully saturated rings. The Kier molecular flexibility index (Phi) is 3.23. The molecule has 0 aromatic carbocycles. The van der Waals surface area contributed by atoms with E-state index in [1.165, 1.54) is 0 Å². The SMILES string of the molecule is BrC1=C/C=C/C=C\C\C=C\1. The summed E-state index contributed by atoms with van der Waals surface area (Å²) in [6.45, 7) is 0. The summed E-state index contributed by atoms with van der Waals surface area (Å²) in [6.07, 6.45) is 15.4. The van der Waals surface area contributed by atoms with E-state index in [0.29, 0.717) is 0 Å². The van der Waals surface area contributed by atoms with Gasteiger partial charge in [-0.3, -0.25) is 0 Å². The molecule has 0 saturated heterocycles. The highest BCUT2D eigenvalue weighted by molar-refractivity contribution is 9.11. The Morgan fingerprint density at radius 2 is 2.00 bits per heavy atom. The van der Waals surface area contributed by atoms with Gasteiger partial charge >= 0.3 is 0 Å². The zero-order chi connectivity index (χ0) is 7.23. The summed E-state index contributed by atoms with van der Waals surface area (Å²) in [5, 5.41) is 0. The summed E-state index contributed by atoms with van der Waals surface area (Å²) >= 11 is 3.40. The molecule has 0 spiro atoms. The zero-order valence-corrected chi connectivity index (χ0v) is 7.21. The van der Waals surface area contributed by atoms with Crippen molar-refractivity contribution in [3.05, 3.63) is 47.0 Å². The van der Waals surface area contributed by atoms with E-state index in [-0.39, 0.29) is 0 Å². The largest absolute Gasteiger partial charge is 0.0807 e. The molecule has 0 radical (unpaired) electrons. The standard InChI is InChI=1S/C9H9Br/c10-9-7-5-3-1-2-4-6-8-9/h1-3,5-8H,4H2/b2-1-,5-3+,8-6+,9-7+. The van der Waals surface area contributed by atoms with Gasteiger partial charge in [-0.1, -0.05) is 52.4 Å². The minimum atomic E-state index is 1.01. The average molecular weight is 197 g/mol. The lowest BCUT2D eigenvalue weighted by molar-refractivity contribution is 1.40. The molecule has 0 atom stereocenters. The Balaban J connectivity index is 2.72. The normalized spacial score (nSPS) is 32.3. The van der Waals surface area contributed by atoms with E-state index < -0.39 is 0 Å². The van der Waals surface area contributed by atoms with Gasteiger partial charge in [0.1, 0.15) is 0 Å². The number of hydrogen-bond donors (Lipinski definition) is 0. The van der Waals surface area contributed by atoms with Crippen molar-refractivity contribution in [1.29, 1.82) is 0 Å². The quantitative estimate of drug-likeness (QED) is 0.558. The van der Waals surface area contributed by atoms with E-state index in [0.717, 1.165) is 10.9 Å². The van der Waals surface area contributed by atoms with Crippen molar-refractivity contribution in [3.8, 4) is 0 Å². The Hall–Kier alpha value is -0.560. The van der Waals surface area contributed by atoms with Crippen LogP contribution in [0, 0.1) is 0 Å². The minimum absolute atomic E-state index is 1.01. The summed E-state index contributed by atoms with van der Waals surface area (Å²) in [4.78, 5) is 0. The number of rotatable bonds is 0. The first kappa shape index (κ1) is 7.55. The third kappa shape index (κ3) is 2.83. The average Bonchev–Trinajstić information content (AvgIpc) is 2.02. The molecule has 0 aromatic rings. The third-order valence-corrected chi connectivity index (χ3v) is 1.69. The molecule has 0 amide bonds. The Bertz CT molecular complexity index is 207. The van der Waals surface area contributed by atoms with Gasteiger partial charge < -0.3 is 0 Å². The second-order valence-electron chi connectivity index (χ2n) is 2.00. The van der Waals surface area contributed by atoms with Gasteiger partial charge in [-0.25, -0.2) is 0 Å². The highest BCUT2D eigenvalue weighted by Crippen LogP contribution is 2.08. The number of hydrogen-bond acceptors (Lipinski definition) is 0. The Morgan fingerprint density at radius 3 is 2.90 bits per heavy atom. The summed E-state index contributed by atoms with van der Waals surface area (Å²) in [6, 6.07) is 0. The van der Waals surface area contributed by atoms with Crippen LogP contribution in [0.15, 0.2) is 47.0 Å². The first-order chi connectivity index (χ1) is 4.89. The van der Waals surface area contributed by atoms with Crippen LogP contribution in [0.5, 0.6) is 0 Å². The van der Waals surface area contributed by atoms with Crippen LogP contribution in [-0.2, 0) is 0 Å². The van der Waals surface area contributed by atoms with Gasteiger partial charge in [-0.2, -0.15) is 0 Å². The van der Waals surface area contributed by atoms with Crippen LogP contribution >= 0.6 is 15.9 Å². The second kappa shape index (κ2) is 4.29. The lowest BCUT2D eigenvalue weighted by atomic mass is 10.3. The van der Waals surface area contributed by atoms with E-state index in [1.807, 2.05) is 24.3 Å². The predicted octanol–water partition coefficient (Wildman–Crippen LogP) is 3.34. The number of allylic oxidation sites excluding steroid dienone is 8. The summed E-state index contributed by atoms with van der Waals surface area (Å²) in [5.41, 5.74) is 0. The van der Waals surface area contributed by atoms with Crippen LogP contribution in [0.2, 0.25) is 0 Å². The number of halogens is 1.